The Balaban J connectivity index is 2.09. The summed E-state index contributed by atoms with van der Waals surface area (Å²) in [5, 5.41) is 59.4. The van der Waals surface area contributed by atoms with Gasteiger partial charge in [-0.2, -0.15) is 0 Å². The highest BCUT2D eigenvalue weighted by atomic mass is 16.8. The van der Waals surface area contributed by atoms with Crippen LogP contribution < -0.4 is 0 Å². The molecule has 12 nitrogen and oxygen atoms in total. The molecule has 12 heteroatoms. The first-order chi connectivity index (χ1) is 12.7. The highest BCUT2D eigenvalue weighted by Gasteiger charge is 2.50. The molecule has 0 aromatic heterocycles. The zero-order valence-electron chi connectivity index (χ0n) is 14.8. The summed E-state index contributed by atoms with van der Waals surface area (Å²) in [6, 6.07) is 0. The van der Waals surface area contributed by atoms with E-state index in [1.165, 1.54) is 14.0 Å². The van der Waals surface area contributed by atoms with E-state index in [0.717, 1.165) is 0 Å². The van der Waals surface area contributed by atoms with Crippen LogP contribution in [0.1, 0.15) is 6.92 Å². The van der Waals surface area contributed by atoms with Gasteiger partial charge in [0.15, 0.2) is 12.6 Å². The average molecular weight is 398 g/mol. The van der Waals surface area contributed by atoms with E-state index in [1.54, 1.807) is 0 Å². The molecule has 2 saturated heterocycles. The van der Waals surface area contributed by atoms with Crippen molar-refractivity contribution >= 4 is 5.97 Å². The second-order valence-electron chi connectivity index (χ2n) is 6.36. The lowest BCUT2D eigenvalue weighted by Gasteiger charge is -2.45. The van der Waals surface area contributed by atoms with Crippen molar-refractivity contribution in [3.8, 4) is 0 Å². The van der Waals surface area contributed by atoms with Crippen LogP contribution in [0.2, 0.25) is 0 Å². The van der Waals surface area contributed by atoms with Crippen LogP contribution in [-0.2, 0) is 28.5 Å². The molecule has 2 aliphatic heterocycles. The van der Waals surface area contributed by atoms with E-state index >= 15 is 0 Å². The van der Waals surface area contributed by atoms with E-state index in [9.17, 15) is 35.4 Å². The molecule has 0 amide bonds. The van der Waals surface area contributed by atoms with Gasteiger partial charge in [-0.3, -0.25) is 4.79 Å². The Kier molecular flexibility index (Phi) is 7.88. The molecule has 27 heavy (non-hydrogen) atoms. The van der Waals surface area contributed by atoms with E-state index < -0.39 is 74.0 Å². The lowest BCUT2D eigenvalue weighted by Crippen LogP contribution is -2.64. The van der Waals surface area contributed by atoms with Gasteiger partial charge in [-0.05, 0) is 0 Å². The van der Waals surface area contributed by atoms with Gasteiger partial charge in [0.25, 0.3) is 0 Å². The molecule has 158 valence electrons. The summed E-state index contributed by atoms with van der Waals surface area (Å²) in [6.07, 6.45) is -14.5. The predicted octanol–water partition coefficient (Wildman–Crippen LogP) is -4.17. The normalized spacial score (nSPS) is 45.5. The van der Waals surface area contributed by atoms with Gasteiger partial charge in [0.2, 0.25) is 0 Å². The lowest BCUT2D eigenvalue weighted by molar-refractivity contribution is -0.364. The van der Waals surface area contributed by atoms with Crippen molar-refractivity contribution in [3.63, 3.8) is 0 Å². The van der Waals surface area contributed by atoms with Crippen LogP contribution in [-0.4, -0.2) is 118 Å². The first-order valence-electron chi connectivity index (χ1n) is 8.35. The minimum Gasteiger partial charge on any atom is -0.463 e. The summed E-state index contributed by atoms with van der Waals surface area (Å²) in [7, 11) is 1.24. The van der Waals surface area contributed by atoms with Gasteiger partial charge < -0.3 is 54.3 Å². The molecule has 0 bridgehead atoms. The zero-order valence-corrected chi connectivity index (χ0v) is 14.8. The Hall–Kier alpha value is -0.930. The minimum absolute atomic E-state index is 0.333. The summed E-state index contributed by atoms with van der Waals surface area (Å²) in [4.78, 5) is 10.9. The SMILES string of the molecule is CO[C@@H]1O[C@H](COC(C)=O)[C@H](O)[C@H](O)[C@H]1O[C@H]1O[C@H](CO)[C@@H](O)[C@H](O)[C@H]1O. The van der Waals surface area contributed by atoms with Crippen LogP contribution >= 0.6 is 0 Å². The zero-order chi connectivity index (χ0) is 20.3. The van der Waals surface area contributed by atoms with Crippen LogP contribution in [0.15, 0.2) is 0 Å². The maximum absolute atomic E-state index is 10.9. The van der Waals surface area contributed by atoms with Gasteiger partial charge in [-0.25, -0.2) is 0 Å². The molecule has 0 spiro atoms. The molecular formula is C15H26O12. The Morgan fingerprint density at radius 2 is 1.48 bits per heavy atom. The van der Waals surface area contributed by atoms with Gasteiger partial charge in [0.05, 0.1) is 6.61 Å². The summed E-state index contributed by atoms with van der Waals surface area (Å²) in [5.41, 5.74) is 0. The lowest BCUT2D eigenvalue weighted by atomic mass is 9.97. The summed E-state index contributed by atoms with van der Waals surface area (Å²) in [6.45, 7) is 0.181. The molecule has 0 aliphatic carbocycles. The fraction of sp³-hybridized carbons (Fsp3) is 0.933. The molecule has 0 aromatic rings. The van der Waals surface area contributed by atoms with Gasteiger partial charge in [-0.15, -0.1) is 0 Å². The Bertz CT molecular complexity index is 485. The largest absolute Gasteiger partial charge is 0.463 e. The van der Waals surface area contributed by atoms with Crippen molar-refractivity contribution in [2.24, 2.45) is 0 Å². The first-order valence-corrected chi connectivity index (χ1v) is 8.35. The average Bonchev–Trinajstić information content (AvgIpc) is 2.64. The van der Waals surface area contributed by atoms with Crippen molar-refractivity contribution in [1.29, 1.82) is 0 Å². The molecule has 10 atom stereocenters. The molecule has 0 saturated carbocycles. The van der Waals surface area contributed by atoms with E-state index in [2.05, 4.69) is 0 Å². The quantitative estimate of drug-likeness (QED) is 0.238. The Labute approximate surface area is 154 Å². The highest BCUT2D eigenvalue weighted by Crippen LogP contribution is 2.29. The molecule has 0 aromatic carbocycles. The summed E-state index contributed by atoms with van der Waals surface area (Å²) >= 11 is 0. The topological polar surface area (TPSA) is 185 Å². The van der Waals surface area contributed by atoms with E-state index in [0.29, 0.717) is 0 Å². The number of carbonyl (C=O) groups excluding carboxylic acids is 1. The van der Waals surface area contributed by atoms with Gasteiger partial charge in [-0.1, -0.05) is 0 Å². The fourth-order valence-corrected chi connectivity index (χ4v) is 2.91. The Morgan fingerprint density at radius 1 is 0.889 bits per heavy atom. The van der Waals surface area contributed by atoms with Gasteiger partial charge in [0, 0.05) is 14.0 Å². The number of aliphatic hydroxyl groups is 6. The van der Waals surface area contributed by atoms with Crippen molar-refractivity contribution in [1.82, 2.24) is 0 Å². The fourth-order valence-electron chi connectivity index (χ4n) is 2.91. The maximum atomic E-state index is 10.9. The number of carbonyl (C=O) groups is 1. The van der Waals surface area contributed by atoms with Crippen LogP contribution in [0.3, 0.4) is 0 Å². The summed E-state index contributed by atoms with van der Waals surface area (Å²) in [5.74, 6) is -0.603. The predicted molar refractivity (Wildman–Crippen MR) is 83.0 cm³/mol. The smallest absolute Gasteiger partial charge is 0.302 e. The van der Waals surface area contributed by atoms with Crippen molar-refractivity contribution in [2.75, 3.05) is 20.3 Å². The van der Waals surface area contributed by atoms with E-state index in [4.69, 9.17) is 23.7 Å². The molecule has 0 radical (unpaired) electrons. The second kappa shape index (κ2) is 9.52. The number of ether oxygens (including phenoxy) is 5. The summed E-state index contributed by atoms with van der Waals surface area (Å²) < 4.78 is 25.9. The number of hydrogen-bond acceptors (Lipinski definition) is 12. The second-order valence-corrected chi connectivity index (χ2v) is 6.36. The third-order valence-corrected chi connectivity index (χ3v) is 4.47. The first kappa shape index (κ1) is 22.4. The molecular weight excluding hydrogens is 372 g/mol. The Morgan fingerprint density at radius 3 is 2.04 bits per heavy atom. The van der Waals surface area contributed by atoms with Crippen molar-refractivity contribution < 1.29 is 59.1 Å². The van der Waals surface area contributed by atoms with Gasteiger partial charge in [0.1, 0.15) is 55.4 Å². The van der Waals surface area contributed by atoms with Gasteiger partial charge >= 0.3 is 5.97 Å². The molecule has 6 N–H and O–H groups in total. The molecule has 2 rings (SSSR count). The standard InChI is InChI=1S/C15H26O12/c1-5(17)24-4-7-9(19)11(21)13(15(23-2)26-7)27-14-12(22)10(20)8(18)6(3-16)25-14/h6-16,18-22H,3-4H2,1-2H3/t6-,7-,8-,9+,10+,11+,12-,13-,14-,15-/m1/s1. The molecule has 2 aliphatic rings. The van der Waals surface area contributed by atoms with E-state index in [1.807, 2.05) is 0 Å². The van der Waals surface area contributed by atoms with E-state index in [-0.39, 0.29) is 6.61 Å². The van der Waals surface area contributed by atoms with Crippen LogP contribution in [0.5, 0.6) is 0 Å². The van der Waals surface area contributed by atoms with Crippen molar-refractivity contribution in [3.05, 3.63) is 0 Å². The maximum Gasteiger partial charge on any atom is 0.302 e. The third kappa shape index (κ3) is 4.92. The van der Waals surface area contributed by atoms with Crippen molar-refractivity contribution in [2.45, 2.75) is 68.3 Å². The molecule has 0 unspecified atom stereocenters. The molecule has 2 fully saturated rings. The molecule has 2 heterocycles. The highest BCUT2D eigenvalue weighted by molar-refractivity contribution is 5.65. The number of aliphatic hydroxyl groups excluding tert-OH is 6. The number of hydrogen-bond donors (Lipinski definition) is 6. The monoisotopic (exact) mass is 398 g/mol. The number of rotatable bonds is 6. The number of methoxy groups -OCH3 is 1. The number of esters is 1. The van der Waals surface area contributed by atoms with Crippen LogP contribution in [0.25, 0.3) is 0 Å². The third-order valence-electron chi connectivity index (χ3n) is 4.47. The minimum atomic E-state index is -1.71. The van der Waals surface area contributed by atoms with Crippen LogP contribution in [0, 0.1) is 0 Å². The van der Waals surface area contributed by atoms with Crippen LogP contribution in [0.4, 0.5) is 0 Å².